The smallest absolute Gasteiger partial charge is 0.356 e. The summed E-state index contributed by atoms with van der Waals surface area (Å²) in [5.74, 6) is -3.93. The quantitative estimate of drug-likeness (QED) is 0.0237. The van der Waals surface area contributed by atoms with Crippen molar-refractivity contribution in [2.45, 2.75) is 109 Å². The Labute approximate surface area is 404 Å². The van der Waals surface area contributed by atoms with Crippen molar-refractivity contribution in [3.05, 3.63) is 163 Å². The SMILES string of the molecule is C=CCOC(=O)C(N1C(=O)[C@H]([C@@H](C)O[Si](C)(C)C(C)(C)C)[C@H]1[C@H]1CCCC(C(OS(=O)(=O)c2ccc(C)cc2)c2cc(C)nc(C)c2)C1=O)=P(c1ccccc1)(c1ccccc1)c1ccccc1. The Morgan fingerprint density at radius 2 is 1.35 bits per heavy atom. The summed E-state index contributed by atoms with van der Waals surface area (Å²) in [5, 5.41) is 2.24. The number of Topliss-reactive ketones (excluding diaryl/α,β-unsaturated/α-hetero) is 1. The zero-order valence-electron chi connectivity index (χ0n) is 40.7. The molecule has 68 heavy (non-hydrogen) atoms. The van der Waals surface area contributed by atoms with Crippen molar-refractivity contribution in [1.82, 2.24) is 9.88 Å². The molecule has 0 N–H and O–H groups in total. The largest absolute Gasteiger partial charge is 0.457 e. The summed E-state index contributed by atoms with van der Waals surface area (Å²) in [4.78, 5) is 53.2. The van der Waals surface area contributed by atoms with Crippen LogP contribution in [0.2, 0.25) is 18.1 Å². The number of pyridine rings is 1. The maximum atomic E-state index is 15.9. The van der Waals surface area contributed by atoms with Crippen LogP contribution in [0.5, 0.6) is 0 Å². The highest BCUT2D eigenvalue weighted by Crippen LogP contribution is 2.53. The molecule has 2 aliphatic rings. The molecule has 0 radical (unpaired) electrons. The average Bonchev–Trinajstić information content (AvgIpc) is 3.29. The molecule has 2 unspecified atom stereocenters. The van der Waals surface area contributed by atoms with Crippen molar-refractivity contribution in [2.75, 3.05) is 6.61 Å². The Morgan fingerprint density at radius 1 is 0.838 bits per heavy atom. The number of benzene rings is 4. The molecule has 10 nitrogen and oxygen atoms in total. The third-order valence-electron chi connectivity index (χ3n) is 14.0. The minimum absolute atomic E-state index is 0.0249. The molecule has 1 aromatic heterocycles. The number of likely N-dealkylation sites (tertiary alicyclic amines) is 1. The first kappa shape index (κ1) is 50.6. The lowest BCUT2D eigenvalue weighted by molar-refractivity contribution is -0.164. The predicted octanol–water partition coefficient (Wildman–Crippen LogP) is 9.53. The lowest BCUT2D eigenvalue weighted by Crippen LogP contribution is -2.72. The molecule has 1 aliphatic heterocycles. The van der Waals surface area contributed by atoms with Crippen molar-refractivity contribution in [2.24, 2.45) is 17.8 Å². The number of carbonyl (C=O) groups is 3. The third kappa shape index (κ3) is 9.94. The second kappa shape index (κ2) is 20.4. The van der Waals surface area contributed by atoms with E-state index < -0.39 is 67.3 Å². The highest BCUT2D eigenvalue weighted by atomic mass is 32.2. The van der Waals surface area contributed by atoms with Crippen molar-refractivity contribution in [1.29, 1.82) is 0 Å². The van der Waals surface area contributed by atoms with Gasteiger partial charge in [-0.2, -0.15) is 8.42 Å². The molecular formula is C55H65N2O8PSSi. The molecule has 2 fully saturated rings. The number of hydrogen-bond donors (Lipinski definition) is 0. The number of ether oxygens (including phenoxy) is 1. The summed E-state index contributed by atoms with van der Waals surface area (Å²) >= 11 is 0. The van der Waals surface area contributed by atoms with E-state index in [4.69, 9.17) is 13.3 Å². The lowest BCUT2D eigenvalue weighted by Gasteiger charge is -2.56. The fourth-order valence-corrected chi connectivity index (χ4v) is 16.7. The van der Waals surface area contributed by atoms with Crippen LogP contribution in [-0.4, -0.2) is 68.4 Å². The number of rotatable bonds is 16. The van der Waals surface area contributed by atoms with Crippen LogP contribution < -0.4 is 15.9 Å². The van der Waals surface area contributed by atoms with Crippen molar-refractivity contribution < 1.29 is 36.1 Å². The Morgan fingerprint density at radius 3 is 1.84 bits per heavy atom. The van der Waals surface area contributed by atoms with Crippen molar-refractivity contribution in [3.8, 4) is 0 Å². The maximum absolute atomic E-state index is 15.9. The van der Waals surface area contributed by atoms with Gasteiger partial charge in [-0.1, -0.05) is 149 Å². The van der Waals surface area contributed by atoms with E-state index in [2.05, 4.69) is 45.4 Å². The summed E-state index contributed by atoms with van der Waals surface area (Å²) < 4.78 is 48.0. The average molecular weight is 973 g/mol. The lowest BCUT2D eigenvalue weighted by atomic mass is 9.66. The molecule has 0 bridgehead atoms. The summed E-state index contributed by atoms with van der Waals surface area (Å²) in [6, 6.07) is 38.4. The van der Waals surface area contributed by atoms with Crippen LogP contribution >= 0.6 is 6.89 Å². The molecule has 2 heterocycles. The zero-order chi connectivity index (χ0) is 49.2. The minimum Gasteiger partial charge on any atom is -0.457 e. The van der Waals surface area contributed by atoms with E-state index in [0.29, 0.717) is 36.2 Å². The molecule has 13 heteroatoms. The van der Waals surface area contributed by atoms with E-state index in [1.165, 1.54) is 18.2 Å². The van der Waals surface area contributed by atoms with Crippen LogP contribution in [0, 0.1) is 38.5 Å². The highest BCUT2D eigenvalue weighted by molar-refractivity contribution is 7.96. The molecular weight excluding hydrogens is 908 g/mol. The van der Waals surface area contributed by atoms with Gasteiger partial charge in [0.25, 0.3) is 10.1 Å². The Hall–Kier alpha value is -5.23. The van der Waals surface area contributed by atoms with Gasteiger partial charge in [-0.15, -0.1) is 0 Å². The summed E-state index contributed by atoms with van der Waals surface area (Å²) in [7, 11) is -6.92. The van der Waals surface area contributed by atoms with Gasteiger partial charge >= 0.3 is 5.97 Å². The molecule has 7 rings (SSSR count). The first-order valence-electron chi connectivity index (χ1n) is 23.4. The van der Waals surface area contributed by atoms with E-state index in [-0.39, 0.29) is 33.6 Å². The topological polar surface area (TPSA) is 129 Å². The van der Waals surface area contributed by atoms with E-state index in [1.807, 2.05) is 119 Å². The maximum Gasteiger partial charge on any atom is 0.356 e. The minimum atomic E-state index is -4.40. The summed E-state index contributed by atoms with van der Waals surface area (Å²) in [5.41, 5.74) is 2.84. The molecule has 358 valence electrons. The van der Waals surface area contributed by atoms with E-state index in [0.717, 1.165) is 21.5 Å². The Balaban J connectivity index is 1.49. The van der Waals surface area contributed by atoms with Crippen LogP contribution in [0.15, 0.2) is 145 Å². The number of nitrogens with zero attached hydrogens (tertiary/aromatic N) is 2. The molecule has 1 amide bonds. The van der Waals surface area contributed by atoms with Gasteiger partial charge in [-0.05, 0) is 104 Å². The number of carbonyl (C=O) groups excluding carboxylic acids is 3. The number of esters is 1. The van der Waals surface area contributed by atoms with Gasteiger partial charge in [0.2, 0.25) is 5.91 Å². The summed E-state index contributed by atoms with van der Waals surface area (Å²) in [6.45, 7) is 18.5. The van der Waals surface area contributed by atoms with Crippen molar-refractivity contribution >= 4 is 64.3 Å². The fraction of sp³-hybridized carbons (Fsp3) is 0.364. The van der Waals surface area contributed by atoms with Crippen LogP contribution in [0.3, 0.4) is 0 Å². The second-order valence-corrected chi connectivity index (χ2v) is 29.4. The van der Waals surface area contributed by atoms with Gasteiger partial charge in [-0.25, -0.2) is 4.79 Å². The highest BCUT2D eigenvalue weighted by Gasteiger charge is 2.61. The molecule has 6 atom stereocenters. The number of amides is 1. The standard InChI is InChI=1S/C55H65N2O8PSSi/c1-11-34-63-54(60)53(66(42-22-15-12-16-23-42,43-24-17-13-18-25-43)44-26-19-14-20-27-44)57-49(48(52(57)59)40(5)65-68(9,10)55(6,7)8)46-28-21-29-47(50(46)58)51(41-35-38(3)56-39(4)36-41)64-67(61,62)45-32-30-37(2)31-33-45/h11-20,22-27,30-33,35-36,40,46-49,51H,1,21,28-29,34H2,2-10H3/t40-,46-,47?,48-,49-,51?/m1/s1. The molecule has 1 saturated carbocycles. The molecule has 1 saturated heterocycles. The Kier molecular flexibility index (Phi) is 15.2. The molecule has 1 aliphatic carbocycles. The van der Waals surface area contributed by atoms with E-state index >= 15 is 14.4 Å². The van der Waals surface area contributed by atoms with Gasteiger partial charge in [0, 0.05) is 30.1 Å². The second-order valence-electron chi connectivity index (χ2n) is 19.7. The van der Waals surface area contributed by atoms with Gasteiger partial charge in [-0.3, -0.25) is 18.8 Å². The van der Waals surface area contributed by atoms with E-state index in [9.17, 15) is 8.42 Å². The monoisotopic (exact) mass is 972 g/mol. The number of hydrogen-bond acceptors (Lipinski definition) is 9. The third-order valence-corrected chi connectivity index (χ3v) is 24.1. The first-order chi connectivity index (χ1) is 32.2. The van der Waals surface area contributed by atoms with Gasteiger partial charge < -0.3 is 14.1 Å². The number of ketones is 1. The zero-order valence-corrected chi connectivity index (χ0v) is 43.4. The first-order valence-corrected chi connectivity index (χ1v) is 29.5. The van der Waals surface area contributed by atoms with Crippen LogP contribution in [-0.2, 0) is 37.8 Å². The van der Waals surface area contributed by atoms with Gasteiger partial charge in [0.05, 0.1) is 23.0 Å². The van der Waals surface area contributed by atoms with E-state index in [1.54, 1.807) is 29.2 Å². The van der Waals surface area contributed by atoms with Crippen LogP contribution in [0.25, 0.3) is 0 Å². The number of aryl methyl sites for hydroxylation is 3. The van der Waals surface area contributed by atoms with Crippen LogP contribution in [0.1, 0.15) is 75.6 Å². The number of β-lactam (4-membered cyclic amide) rings is 1. The Bertz CT molecular complexity index is 2690. The van der Waals surface area contributed by atoms with Gasteiger partial charge in [0.15, 0.2) is 8.32 Å². The molecule has 5 aromatic rings. The predicted molar refractivity (Wildman–Crippen MR) is 275 cm³/mol. The van der Waals surface area contributed by atoms with Gasteiger partial charge in [0.1, 0.15) is 23.9 Å². The number of aromatic nitrogens is 1. The molecule has 0 spiro atoms. The molecule has 4 aromatic carbocycles. The van der Waals surface area contributed by atoms with Crippen LogP contribution in [0.4, 0.5) is 0 Å². The fourth-order valence-electron chi connectivity index (χ4n) is 9.81. The normalized spacial score (nSPS) is 20.0. The van der Waals surface area contributed by atoms with Crippen molar-refractivity contribution in [3.63, 3.8) is 0 Å². The summed E-state index contributed by atoms with van der Waals surface area (Å²) in [6.07, 6.45) is 0.856.